The van der Waals surface area contributed by atoms with Crippen molar-refractivity contribution in [3.63, 3.8) is 0 Å². The highest BCUT2D eigenvalue weighted by atomic mass is 16.6. The normalized spacial score (nSPS) is 10.0. The molecule has 0 unspecified atom stereocenters. The molecule has 0 fully saturated rings. The van der Waals surface area contributed by atoms with E-state index in [4.69, 9.17) is 5.73 Å². The first kappa shape index (κ1) is 11.9. The van der Waals surface area contributed by atoms with Gasteiger partial charge in [-0.25, -0.2) is 0 Å². The Labute approximate surface area is 104 Å². The van der Waals surface area contributed by atoms with Gasteiger partial charge in [0.1, 0.15) is 0 Å². The summed E-state index contributed by atoms with van der Waals surface area (Å²) in [4.78, 5) is 10.1. The zero-order chi connectivity index (χ0) is 13.0. The van der Waals surface area contributed by atoms with E-state index in [1.165, 1.54) is 12.1 Å². The van der Waals surface area contributed by atoms with Crippen molar-refractivity contribution < 1.29 is 4.92 Å². The third kappa shape index (κ3) is 2.76. The zero-order valence-corrected chi connectivity index (χ0v) is 9.67. The van der Waals surface area contributed by atoms with Crippen LogP contribution < -0.4 is 11.1 Å². The van der Waals surface area contributed by atoms with Crippen molar-refractivity contribution in [1.29, 1.82) is 0 Å². The smallest absolute Gasteiger partial charge is 0.271 e. The van der Waals surface area contributed by atoms with E-state index in [1.54, 1.807) is 6.07 Å². The Hall–Kier alpha value is -2.56. The van der Waals surface area contributed by atoms with Gasteiger partial charge in [-0.1, -0.05) is 18.2 Å². The summed E-state index contributed by atoms with van der Waals surface area (Å²) in [5.41, 5.74) is 8.03. The Morgan fingerprint density at radius 3 is 2.50 bits per heavy atom. The van der Waals surface area contributed by atoms with Gasteiger partial charge in [0.15, 0.2) is 0 Å². The summed E-state index contributed by atoms with van der Waals surface area (Å²) in [7, 11) is 0. The minimum absolute atomic E-state index is 0.0101. The van der Waals surface area contributed by atoms with Crippen LogP contribution in [0.25, 0.3) is 0 Å². The summed E-state index contributed by atoms with van der Waals surface area (Å²) in [6.45, 7) is 0.536. The standard InChI is InChI=1S/C13H13N3O2/c14-13-8-12(16(17)18)7-6-10(13)9-15-11-4-2-1-3-5-11/h1-8,15H,9,14H2. The lowest BCUT2D eigenvalue weighted by Crippen LogP contribution is -2.03. The molecule has 0 aliphatic heterocycles. The molecule has 0 heterocycles. The molecular formula is C13H13N3O2. The maximum Gasteiger partial charge on any atom is 0.271 e. The number of anilines is 2. The Bertz CT molecular complexity index is 555. The summed E-state index contributed by atoms with van der Waals surface area (Å²) in [6.07, 6.45) is 0. The van der Waals surface area contributed by atoms with Crippen LogP contribution in [-0.2, 0) is 6.54 Å². The molecule has 0 radical (unpaired) electrons. The number of nitrogen functional groups attached to an aromatic ring is 1. The Morgan fingerprint density at radius 1 is 1.17 bits per heavy atom. The maximum atomic E-state index is 10.6. The van der Waals surface area contributed by atoms with Gasteiger partial charge < -0.3 is 11.1 Å². The average molecular weight is 243 g/mol. The summed E-state index contributed by atoms with van der Waals surface area (Å²) in [6, 6.07) is 14.2. The fraction of sp³-hybridized carbons (Fsp3) is 0.0769. The number of nitro benzene ring substituents is 1. The van der Waals surface area contributed by atoms with Crippen LogP contribution in [-0.4, -0.2) is 4.92 Å². The van der Waals surface area contributed by atoms with Gasteiger partial charge in [-0.3, -0.25) is 10.1 Å². The van der Waals surface area contributed by atoms with Gasteiger partial charge in [-0.05, 0) is 23.8 Å². The summed E-state index contributed by atoms with van der Waals surface area (Å²) in [5, 5.41) is 13.8. The van der Waals surface area contributed by atoms with E-state index in [-0.39, 0.29) is 5.69 Å². The molecule has 0 spiro atoms. The second kappa shape index (κ2) is 5.18. The molecule has 2 rings (SSSR count). The van der Waals surface area contributed by atoms with E-state index in [0.29, 0.717) is 12.2 Å². The van der Waals surface area contributed by atoms with E-state index in [0.717, 1.165) is 11.3 Å². The lowest BCUT2D eigenvalue weighted by atomic mass is 10.1. The largest absolute Gasteiger partial charge is 0.398 e. The highest BCUT2D eigenvalue weighted by molar-refractivity contribution is 5.55. The molecule has 0 aliphatic carbocycles. The van der Waals surface area contributed by atoms with E-state index >= 15 is 0 Å². The molecule has 18 heavy (non-hydrogen) atoms. The number of benzene rings is 2. The second-order valence-corrected chi connectivity index (χ2v) is 3.86. The quantitative estimate of drug-likeness (QED) is 0.491. The van der Waals surface area contributed by atoms with Gasteiger partial charge in [0, 0.05) is 30.1 Å². The highest BCUT2D eigenvalue weighted by Crippen LogP contribution is 2.20. The van der Waals surface area contributed by atoms with Gasteiger partial charge in [0.2, 0.25) is 0 Å². The fourth-order valence-corrected chi connectivity index (χ4v) is 1.61. The summed E-state index contributed by atoms with van der Waals surface area (Å²) < 4.78 is 0. The Balaban J connectivity index is 2.08. The van der Waals surface area contributed by atoms with Crippen molar-refractivity contribution in [3.8, 4) is 0 Å². The van der Waals surface area contributed by atoms with Crippen molar-refractivity contribution in [3.05, 3.63) is 64.2 Å². The van der Waals surface area contributed by atoms with Crippen LogP contribution in [0.5, 0.6) is 0 Å². The molecule has 3 N–H and O–H groups in total. The van der Waals surface area contributed by atoms with Crippen LogP contribution in [0.2, 0.25) is 0 Å². The topological polar surface area (TPSA) is 81.2 Å². The SMILES string of the molecule is Nc1cc([N+](=O)[O-])ccc1CNc1ccccc1. The molecule has 0 aliphatic rings. The Morgan fingerprint density at radius 2 is 1.89 bits per heavy atom. The third-order valence-electron chi connectivity index (χ3n) is 2.60. The zero-order valence-electron chi connectivity index (χ0n) is 9.67. The molecular weight excluding hydrogens is 230 g/mol. The minimum Gasteiger partial charge on any atom is -0.398 e. The first-order chi connectivity index (χ1) is 8.66. The number of nitro groups is 1. The minimum atomic E-state index is -0.454. The molecule has 0 amide bonds. The predicted molar refractivity (Wildman–Crippen MR) is 71.3 cm³/mol. The van der Waals surface area contributed by atoms with Gasteiger partial charge in [-0.2, -0.15) is 0 Å². The Kier molecular flexibility index (Phi) is 3.43. The predicted octanol–water partition coefficient (Wildman–Crippen LogP) is 2.79. The summed E-state index contributed by atoms with van der Waals surface area (Å²) >= 11 is 0. The van der Waals surface area contributed by atoms with Crippen molar-refractivity contribution >= 4 is 17.1 Å². The number of para-hydroxylation sites is 1. The van der Waals surface area contributed by atoms with Crippen LogP contribution in [0.15, 0.2) is 48.5 Å². The van der Waals surface area contributed by atoms with Crippen LogP contribution in [0.4, 0.5) is 17.1 Å². The first-order valence-corrected chi connectivity index (χ1v) is 5.48. The fourth-order valence-electron chi connectivity index (χ4n) is 1.61. The molecule has 0 bridgehead atoms. The van der Waals surface area contributed by atoms with Crippen molar-refractivity contribution in [2.24, 2.45) is 0 Å². The van der Waals surface area contributed by atoms with Crippen LogP contribution in [0.3, 0.4) is 0 Å². The lowest BCUT2D eigenvalue weighted by Gasteiger charge is -2.08. The second-order valence-electron chi connectivity index (χ2n) is 3.86. The number of hydrogen-bond donors (Lipinski definition) is 2. The molecule has 2 aromatic carbocycles. The number of nitrogens with two attached hydrogens (primary N) is 1. The molecule has 5 nitrogen and oxygen atoms in total. The molecule has 0 saturated heterocycles. The van der Waals surface area contributed by atoms with Crippen LogP contribution >= 0.6 is 0 Å². The van der Waals surface area contributed by atoms with Crippen LogP contribution in [0, 0.1) is 10.1 Å². The molecule has 5 heteroatoms. The highest BCUT2D eigenvalue weighted by Gasteiger charge is 2.08. The van der Waals surface area contributed by atoms with Crippen LogP contribution in [0.1, 0.15) is 5.56 Å². The van der Waals surface area contributed by atoms with Gasteiger partial charge in [-0.15, -0.1) is 0 Å². The molecule has 92 valence electrons. The third-order valence-corrected chi connectivity index (χ3v) is 2.60. The molecule has 2 aromatic rings. The van der Waals surface area contributed by atoms with Gasteiger partial charge in [0.25, 0.3) is 5.69 Å². The number of hydrogen-bond acceptors (Lipinski definition) is 4. The number of nitrogens with zero attached hydrogens (tertiary/aromatic N) is 1. The van der Waals surface area contributed by atoms with E-state index in [9.17, 15) is 10.1 Å². The number of nitrogens with one attached hydrogen (secondary N) is 1. The monoisotopic (exact) mass is 243 g/mol. The van der Waals surface area contributed by atoms with Crippen molar-refractivity contribution in [1.82, 2.24) is 0 Å². The van der Waals surface area contributed by atoms with Gasteiger partial charge >= 0.3 is 0 Å². The summed E-state index contributed by atoms with van der Waals surface area (Å²) in [5.74, 6) is 0. The lowest BCUT2D eigenvalue weighted by molar-refractivity contribution is -0.384. The van der Waals surface area contributed by atoms with E-state index in [2.05, 4.69) is 5.32 Å². The maximum absolute atomic E-state index is 10.6. The number of rotatable bonds is 4. The molecule has 0 atom stereocenters. The first-order valence-electron chi connectivity index (χ1n) is 5.48. The van der Waals surface area contributed by atoms with E-state index < -0.39 is 4.92 Å². The number of non-ortho nitro benzene ring substituents is 1. The molecule has 0 aromatic heterocycles. The van der Waals surface area contributed by atoms with Gasteiger partial charge in [0.05, 0.1) is 4.92 Å². The molecule has 0 saturated carbocycles. The average Bonchev–Trinajstić information content (AvgIpc) is 2.38. The van der Waals surface area contributed by atoms with E-state index in [1.807, 2.05) is 30.3 Å². The van der Waals surface area contributed by atoms with Crippen molar-refractivity contribution in [2.75, 3.05) is 11.1 Å². The van der Waals surface area contributed by atoms with Crippen molar-refractivity contribution in [2.45, 2.75) is 6.54 Å².